The second-order valence-electron chi connectivity index (χ2n) is 6.12. The average Bonchev–Trinajstić information content (AvgIpc) is 2.52. The Morgan fingerprint density at radius 2 is 1.55 bits per heavy atom. The fourth-order valence-electron chi connectivity index (χ4n) is 2.00. The monoisotopic (exact) mass is 298 g/mol. The lowest BCUT2D eigenvalue weighted by atomic mass is 9.87. The molecule has 0 aliphatic heterocycles. The van der Waals surface area contributed by atoms with Crippen LogP contribution in [0.3, 0.4) is 0 Å². The fraction of sp³-hybridized carbons (Fsp3) is 0.316. The third-order valence-electron chi connectivity index (χ3n) is 3.32. The van der Waals surface area contributed by atoms with Gasteiger partial charge in [0.25, 0.3) is 0 Å². The zero-order valence-corrected chi connectivity index (χ0v) is 13.3. The van der Waals surface area contributed by atoms with Crippen molar-refractivity contribution in [3.63, 3.8) is 0 Å². The summed E-state index contributed by atoms with van der Waals surface area (Å²) < 4.78 is 10.7. The van der Waals surface area contributed by atoms with Crippen LogP contribution in [0, 0.1) is 0 Å². The highest BCUT2D eigenvalue weighted by Gasteiger charge is 2.13. The van der Waals surface area contributed by atoms with Crippen molar-refractivity contribution >= 4 is 5.97 Å². The van der Waals surface area contributed by atoms with E-state index in [0.717, 1.165) is 5.75 Å². The largest absolute Gasteiger partial charge is 0.490 e. The Morgan fingerprint density at radius 3 is 2.14 bits per heavy atom. The van der Waals surface area contributed by atoms with Gasteiger partial charge in [0.2, 0.25) is 0 Å². The molecule has 0 aliphatic rings. The molecule has 116 valence electrons. The Hall–Kier alpha value is -2.29. The van der Waals surface area contributed by atoms with Gasteiger partial charge in [-0.1, -0.05) is 51.1 Å². The molecule has 0 N–H and O–H groups in total. The summed E-state index contributed by atoms with van der Waals surface area (Å²) in [6.07, 6.45) is 0. The van der Waals surface area contributed by atoms with E-state index in [-0.39, 0.29) is 18.0 Å². The minimum Gasteiger partial charge on any atom is -0.490 e. The lowest BCUT2D eigenvalue weighted by molar-refractivity contribution is 0.0450. The number of hydrogen-bond acceptors (Lipinski definition) is 3. The number of carbonyl (C=O) groups is 1. The van der Waals surface area contributed by atoms with E-state index < -0.39 is 0 Å². The first-order valence-electron chi connectivity index (χ1n) is 7.42. The van der Waals surface area contributed by atoms with Gasteiger partial charge < -0.3 is 9.47 Å². The van der Waals surface area contributed by atoms with E-state index in [1.54, 1.807) is 12.1 Å². The van der Waals surface area contributed by atoms with Crippen molar-refractivity contribution in [3.8, 4) is 5.75 Å². The summed E-state index contributed by atoms with van der Waals surface area (Å²) in [5.74, 6) is 0.455. The maximum Gasteiger partial charge on any atom is 0.338 e. The molecule has 0 bridgehead atoms. The van der Waals surface area contributed by atoms with Crippen LogP contribution >= 0.6 is 0 Å². The molecule has 0 spiro atoms. The Balaban J connectivity index is 1.76. The van der Waals surface area contributed by atoms with Crippen LogP contribution in [0.4, 0.5) is 0 Å². The normalized spacial score (nSPS) is 11.0. The number of carbonyl (C=O) groups excluding carboxylic acids is 1. The molecule has 3 nitrogen and oxygen atoms in total. The molecular formula is C19H22O3. The van der Waals surface area contributed by atoms with Crippen LogP contribution in [0.2, 0.25) is 0 Å². The first-order valence-corrected chi connectivity index (χ1v) is 7.42. The van der Waals surface area contributed by atoms with E-state index in [0.29, 0.717) is 12.2 Å². The summed E-state index contributed by atoms with van der Waals surface area (Å²) >= 11 is 0. The molecule has 0 amide bonds. The molecule has 2 aromatic carbocycles. The van der Waals surface area contributed by atoms with Gasteiger partial charge in [0.1, 0.15) is 19.0 Å². The minimum absolute atomic E-state index is 0.129. The SMILES string of the molecule is CC(C)(C)c1ccc(OCCOC(=O)c2ccccc2)cc1. The van der Waals surface area contributed by atoms with Crippen molar-refractivity contribution in [3.05, 3.63) is 65.7 Å². The van der Waals surface area contributed by atoms with Gasteiger partial charge in [-0.25, -0.2) is 4.79 Å². The molecule has 0 atom stereocenters. The average molecular weight is 298 g/mol. The molecule has 0 aromatic heterocycles. The molecule has 2 rings (SSSR count). The molecule has 0 radical (unpaired) electrons. The van der Waals surface area contributed by atoms with E-state index in [4.69, 9.17) is 9.47 Å². The lowest BCUT2D eigenvalue weighted by Crippen LogP contribution is -2.13. The summed E-state index contributed by atoms with van der Waals surface area (Å²) in [5, 5.41) is 0. The van der Waals surface area contributed by atoms with Crippen molar-refractivity contribution in [1.82, 2.24) is 0 Å². The van der Waals surface area contributed by atoms with Crippen molar-refractivity contribution < 1.29 is 14.3 Å². The molecule has 0 saturated carbocycles. The first-order chi connectivity index (χ1) is 10.5. The highest BCUT2D eigenvalue weighted by atomic mass is 16.6. The number of rotatable bonds is 5. The molecule has 22 heavy (non-hydrogen) atoms. The number of esters is 1. The first kappa shape index (κ1) is 16.1. The maximum absolute atomic E-state index is 11.7. The van der Waals surface area contributed by atoms with E-state index in [1.165, 1.54) is 5.56 Å². The van der Waals surface area contributed by atoms with Gasteiger partial charge in [-0.15, -0.1) is 0 Å². The van der Waals surface area contributed by atoms with E-state index in [9.17, 15) is 4.79 Å². The maximum atomic E-state index is 11.7. The quantitative estimate of drug-likeness (QED) is 0.612. The zero-order chi connectivity index (χ0) is 16.0. The van der Waals surface area contributed by atoms with Crippen molar-refractivity contribution in [2.75, 3.05) is 13.2 Å². The smallest absolute Gasteiger partial charge is 0.338 e. The second kappa shape index (κ2) is 7.12. The highest BCUT2D eigenvalue weighted by molar-refractivity contribution is 5.89. The summed E-state index contributed by atoms with van der Waals surface area (Å²) in [5.41, 5.74) is 1.94. The van der Waals surface area contributed by atoms with E-state index >= 15 is 0 Å². The Labute approximate surface area is 131 Å². The van der Waals surface area contributed by atoms with Crippen LogP contribution in [0.15, 0.2) is 54.6 Å². The molecule has 2 aromatic rings. The van der Waals surface area contributed by atoms with Crippen LogP contribution in [-0.4, -0.2) is 19.2 Å². The van der Waals surface area contributed by atoms with Gasteiger partial charge in [0.05, 0.1) is 5.56 Å². The van der Waals surface area contributed by atoms with Crippen molar-refractivity contribution in [2.45, 2.75) is 26.2 Å². The fourth-order valence-corrected chi connectivity index (χ4v) is 2.00. The van der Waals surface area contributed by atoms with Gasteiger partial charge in [0, 0.05) is 0 Å². The molecule has 0 fully saturated rings. The molecular weight excluding hydrogens is 276 g/mol. The van der Waals surface area contributed by atoms with E-state index in [1.807, 2.05) is 30.3 Å². The summed E-state index contributed by atoms with van der Waals surface area (Å²) in [4.78, 5) is 11.7. The lowest BCUT2D eigenvalue weighted by Gasteiger charge is -2.19. The van der Waals surface area contributed by atoms with Crippen molar-refractivity contribution in [2.24, 2.45) is 0 Å². The zero-order valence-electron chi connectivity index (χ0n) is 13.3. The summed E-state index contributed by atoms with van der Waals surface area (Å²) in [6, 6.07) is 17.0. The Kier molecular flexibility index (Phi) is 5.21. The van der Waals surface area contributed by atoms with Crippen LogP contribution in [0.5, 0.6) is 5.75 Å². The highest BCUT2D eigenvalue weighted by Crippen LogP contribution is 2.24. The summed E-state index contributed by atoms with van der Waals surface area (Å²) in [6.45, 7) is 7.09. The molecule has 0 saturated heterocycles. The molecule has 0 heterocycles. The predicted octanol–water partition coefficient (Wildman–Crippen LogP) is 4.22. The Bertz CT molecular complexity index is 595. The third kappa shape index (κ3) is 4.62. The molecule has 0 unspecified atom stereocenters. The number of ether oxygens (including phenoxy) is 2. The van der Waals surface area contributed by atoms with Crippen LogP contribution in [-0.2, 0) is 10.2 Å². The number of benzene rings is 2. The summed E-state index contributed by atoms with van der Waals surface area (Å²) in [7, 11) is 0. The molecule has 3 heteroatoms. The topological polar surface area (TPSA) is 35.5 Å². The van der Waals surface area contributed by atoms with Crippen LogP contribution < -0.4 is 4.74 Å². The van der Waals surface area contributed by atoms with Crippen LogP contribution in [0.1, 0.15) is 36.7 Å². The predicted molar refractivity (Wildman–Crippen MR) is 87.4 cm³/mol. The van der Waals surface area contributed by atoms with Crippen LogP contribution in [0.25, 0.3) is 0 Å². The molecule has 0 aliphatic carbocycles. The third-order valence-corrected chi connectivity index (χ3v) is 3.32. The second-order valence-corrected chi connectivity index (χ2v) is 6.12. The van der Waals surface area contributed by atoms with Gasteiger partial charge in [-0.2, -0.15) is 0 Å². The van der Waals surface area contributed by atoms with Gasteiger partial charge in [-0.3, -0.25) is 0 Å². The number of hydrogen-bond donors (Lipinski definition) is 0. The minimum atomic E-state index is -0.327. The Morgan fingerprint density at radius 1 is 0.909 bits per heavy atom. The van der Waals surface area contributed by atoms with Gasteiger partial charge >= 0.3 is 5.97 Å². The van der Waals surface area contributed by atoms with Gasteiger partial charge in [-0.05, 0) is 35.2 Å². The van der Waals surface area contributed by atoms with Gasteiger partial charge in [0.15, 0.2) is 0 Å². The van der Waals surface area contributed by atoms with E-state index in [2.05, 4.69) is 32.9 Å². The van der Waals surface area contributed by atoms with Crippen molar-refractivity contribution in [1.29, 1.82) is 0 Å². The standard InChI is InChI=1S/C19H22O3/c1-19(2,3)16-9-11-17(12-10-16)21-13-14-22-18(20)15-7-5-4-6-8-15/h4-12H,13-14H2,1-3H3.